The molecule has 3 rings (SSSR count). The molecule has 7 heteroatoms. The third-order valence-electron chi connectivity index (χ3n) is 3.91. The highest BCUT2D eigenvalue weighted by atomic mass is 16.6. The lowest BCUT2D eigenvalue weighted by atomic mass is 10.1. The van der Waals surface area contributed by atoms with E-state index in [1.165, 1.54) is 6.07 Å². The third-order valence-corrected chi connectivity index (χ3v) is 3.91. The number of carbonyl (C=O) groups excluding carboxylic acids is 1. The Morgan fingerprint density at radius 1 is 1.36 bits per heavy atom. The second-order valence-corrected chi connectivity index (χ2v) is 5.75. The van der Waals surface area contributed by atoms with Gasteiger partial charge in [0.2, 0.25) is 0 Å². The molecule has 1 saturated heterocycles. The minimum absolute atomic E-state index is 0.0507. The number of nitro benzene ring substituents is 1. The molecule has 1 aromatic carbocycles. The fourth-order valence-corrected chi connectivity index (χ4v) is 2.51. The number of nitro groups is 1. The maximum Gasteiger partial charge on any atom is 0.293 e. The van der Waals surface area contributed by atoms with Crippen LogP contribution in [0.5, 0.6) is 0 Å². The molecule has 1 aliphatic carbocycles. The molecule has 22 heavy (non-hydrogen) atoms. The van der Waals surface area contributed by atoms with Crippen LogP contribution >= 0.6 is 0 Å². The van der Waals surface area contributed by atoms with Crippen molar-refractivity contribution in [2.24, 2.45) is 0 Å². The molecule has 2 aliphatic rings. The van der Waals surface area contributed by atoms with Crippen molar-refractivity contribution in [2.45, 2.75) is 37.8 Å². The topological polar surface area (TPSA) is 93.5 Å². The van der Waals surface area contributed by atoms with Gasteiger partial charge in [0.05, 0.1) is 11.0 Å². The summed E-state index contributed by atoms with van der Waals surface area (Å²) in [5, 5.41) is 17.1. The van der Waals surface area contributed by atoms with Crippen molar-refractivity contribution in [3.8, 4) is 0 Å². The Kier molecular flexibility index (Phi) is 4.24. The lowest BCUT2D eigenvalue weighted by molar-refractivity contribution is -0.384. The van der Waals surface area contributed by atoms with Gasteiger partial charge in [0, 0.05) is 30.8 Å². The van der Waals surface area contributed by atoms with E-state index in [-0.39, 0.29) is 17.7 Å². The highest BCUT2D eigenvalue weighted by molar-refractivity contribution is 5.95. The van der Waals surface area contributed by atoms with Gasteiger partial charge in [0.1, 0.15) is 5.69 Å². The van der Waals surface area contributed by atoms with Gasteiger partial charge >= 0.3 is 0 Å². The molecule has 1 aliphatic heterocycles. The first kappa shape index (κ1) is 14.8. The van der Waals surface area contributed by atoms with Crippen molar-refractivity contribution < 1.29 is 14.5 Å². The molecule has 1 saturated carbocycles. The predicted octanol–water partition coefficient (Wildman–Crippen LogP) is 2.08. The van der Waals surface area contributed by atoms with Crippen LogP contribution in [-0.2, 0) is 4.74 Å². The molecule has 2 fully saturated rings. The lowest BCUT2D eigenvalue weighted by Crippen LogP contribution is -2.31. The van der Waals surface area contributed by atoms with Crippen LogP contribution in [0.4, 0.5) is 11.4 Å². The molecule has 118 valence electrons. The van der Waals surface area contributed by atoms with Crippen LogP contribution < -0.4 is 10.6 Å². The minimum Gasteiger partial charge on any atom is -0.377 e. The Bertz CT molecular complexity index is 580. The number of ether oxygens (including phenoxy) is 1. The van der Waals surface area contributed by atoms with Crippen LogP contribution in [0, 0.1) is 10.1 Å². The molecular formula is C15H19N3O4. The maximum atomic E-state index is 12.1. The Balaban J connectivity index is 1.67. The summed E-state index contributed by atoms with van der Waals surface area (Å²) in [6.07, 6.45) is 4.05. The zero-order valence-corrected chi connectivity index (χ0v) is 12.2. The summed E-state index contributed by atoms with van der Waals surface area (Å²) < 4.78 is 5.44. The SMILES string of the molecule is O=C(NC[C@H]1CCCO1)c1ccc(NC2CC2)c([N+](=O)[O-])c1. The van der Waals surface area contributed by atoms with Crippen molar-refractivity contribution >= 4 is 17.3 Å². The number of hydrogen-bond acceptors (Lipinski definition) is 5. The molecule has 0 bridgehead atoms. The second kappa shape index (κ2) is 6.31. The fraction of sp³-hybridized carbons (Fsp3) is 0.533. The molecule has 0 aromatic heterocycles. The summed E-state index contributed by atoms with van der Waals surface area (Å²) in [7, 11) is 0. The largest absolute Gasteiger partial charge is 0.377 e. The Morgan fingerprint density at radius 3 is 2.82 bits per heavy atom. The van der Waals surface area contributed by atoms with Crippen LogP contribution in [0.25, 0.3) is 0 Å². The van der Waals surface area contributed by atoms with Gasteiger partial charge in [-0.3, -0.25) is 14.9 Å². The van der Waals surface area contributed by atoms with Gasteiger partial charge in [-0.05, 0) is 37.8 Å². The molecule has 1 heterocycles. The smallest absolute Gasteiger partial charge is 0.293 e. The zero-order chi connectivity index (χ0) is 15.5. The monoisotopic (exact) mass is 305 g/mol. The Labute approximate surface area is 128 Å². The summed E-state index contributed by atoms with van der Waals surface area (Å²) in [6, 6.07) is 4.87. The van der Waals surface area contributed by atoms with Crippen LogP contribution in [-0.4, -0.2) is 36.1 Å². The quantitative estimate of drug-likeness (QED) is 0.620. The second-order valence-electron chi connectivity index (χ2n) is 5.75. The number of hydrogen-bond donors (Lipinski definition) is 2. The van der Waals surface area contributed by atoms with E-state index in [0.29, 0.717) is 23.8 Å². The van der Waals surface area contributed by atoms with E-state index >= 15 is 0 Å². The molecule has 1 atom stereocenters. The number of benzene rings is 1. The number of anilines is 1. The molecule has 1 amide bonds. The van der Waals surface area contributed by atoms with Gasteiger partial charge in [0.15, 0.2) is 0 Å². The van der Waals surface area contributed by atoms with Gasteiger partial charge in [-0.25, -0.2) is 0 Å². The molecule has 0 spiro atoms. The summed E-state index contributed by atoms with van der Waals surface area (Å²) in [4.78, 5) is 22.8. The molecule has 0 radical (unpaired) electrons. The van der Waals surface area contributed by atoms with E-state index in [2.05, 4.69) is 10.6 Å². The maximum absolute atomic E-state index is 12.1. The highest BCUT2D eigenvalue weighted by Gasteiger charge is 2.25. The van der Waals surface area contributed by atoms with E-state index in [4.69, 9.17) is 4.74 Å². The first-order chi connectivity index (χ1) is 10.6. The lowest BCUT2D eigenvalue weighted by Gasteiger charge is -2.11. The molecular weight excluding hydrogens is 286 g/mol. The average molecular weight is 305 g/mol. The van der Waals surface area contributed by atoms with Gasteiger partial charge < -0.3 is 15.4 Å². The standard InChI is InChI=1S/C15H19N3O4/c19-15(16-9-12-2-1-7-22-12)10-3-6-13(17-11-4-5-11)14(8-10)18(20)21/h3,6,8,11-12,17H,1-2,4-5,7,9H2,(H,16,19)/t12-/m1/s1. The zero-order valence-electron chi connectivity index (χ0n) is 12.2. The van der Waals surface area contributed by atoms with Gasteiger partial charge in [-0.15, -0.1) is 0 Å². The number of amides is 1. The molecule has 7 nitrogen and oxygen atoms in total. The van der Waals surface area contributed by atoms with Crippen molar-refractivity contribution in [2.75, 3.05) is 18.5 Å². The Morgan fingerprint density at radius 2 is 2.18 bits per heavy atom. The molecule has 1 aromatic rings. The summed E-state index contributed by atoms with van der Waals surface area (Å²) in [6.45, 7) is 1.17. The summed E-state index contributed by atoms with van der Waals surface area (Å²) in [5.41, 5.74) is 0.714. The summed E-state index contributed by atoms with van der Waals surface area (Å²) >= 11 is 0. The number of rotatable bonds is 6. The van der Waals surface area contributed by atoms with Gasteiger partial charge in [-0.1, -0.05) is 0 Å². The fourth-order valence-electron chi connectivity index (χ4n) is 2.51. The first-order valence-electron chi connectivity index (χ1n) is 7.58. The Hall–Kier alpha value is -2.15. The van der Waals surface area contributed by atoms with Crippen molar-refractivity contribution in [3.05, 3.63) is 33.9 Å². The predicted molar refractivity (Wildman–Crippen MR) is 81.0 cm³/mol. The van der Waals surface area contributed by atoms with E-state index in [1.807, 2.05) is 0 Å². The first-order valence-corrected chi connectivity index (χ1v) is 7.58. The van der Waals surface area contributed by atoms with Crippen molar-refractivity contribution in [1.82, 2.24) is 5.32 Å². The van der Waals surface area contributed by atoms with E-state index < -0.39 is 4.92 Å². The van der Waals surface area contributed by atoms with E-state index in [0.717, 1.165) is 32.3 Å². The van der Waals surface area contributed by atoms with Crippen LogP contribution in [0.1, 0.15) is 36.0 Å². The van der Waals surface area contributed by atoms with Crippen LogP contribution in [0.3, 0.4) is 0 Å². The number of nitrogens with zero attached hydrogens (tertiary/aromatic N) is 1. The van der Waals surface area contributed by atoms with Gasteiger partial charge in [-0.2, -0.15) is 0 Å². The molecule has 0 unspecified atom stereocenters. The number of nitrogens with one attached hydrogen (secondary N) is 2. The minimum atomic E-state index is -0.457. The average Bonchev–Trinajstić information content (AvgIpc) is 3.16. The number of carbonyl (C=O) groups is 1. The van der Waals surface area contributed by atoms with Gasteiger partial charge in [0.25, 0.3) is 11.6 Å². The molecule has 2 N–H and O–H groups in total. The third kappa shape index (κ3) is 3.54. The van der Waals surface area contributed by atoms with E-state index in [9.17, 15) is 14.9 Å². The van der Waals surface area contributed by atoms with Crippen LogP contribution in [0.2, 0.25) is 0 Å². The van der Waals surface area contributed by atoms with Crippen molar-refractivity contribution in [3.63, 3.8) is 0 Å². The van der Waals surface area contributed by atoms with Crippen LogP contribution in [0.15, 0.2) is 18.2 Å². The van der Waals surface area contributed by atoms with E-state index in [1.54, 1.807) is 12.1 Å². The normalized spacial score (nSPS) is 20.6. The summed E-state index contributed by atoms with van der Waals surface area (Å²) in [5.74, 6) is -0.309. The van der Waals surface area contributed by atoms with Crippen molar-refractivity contribution in [1.29, 1.82) is 0 Å². The highest BCUT2D eigenvalue weighted by Crippen LogP contribution is 2.31.